The molecule has 5 heteroatoms. The topological polar surface area (TPSA) is 44.8 Å². The Kier molecular flexibility index (Phi) is 5.83. The molecule has 0 aliphatic heterocycles. The average Bonchev–Trinajstić information content (AvgIpc) is 2.53. The van der Waals surface area contributed by atoms with Gasteiger partial charge >= 0.3 is 0 Å². The molecule has 0 atom stereocenters. The molecule has 2 aromatic carbocycles. The fourth-order valence-corrected chi connectivity index (χ4v) is 2.54. The summed E-state index contributed by atoms with van der Waals surface area (Å²) in [6, 6.07) is 11.1. The monoisotopic (exact) mass is 364 g/mol. The molecule has 0 aromatic heterocycles. The van der Waals surface area contributed by atoms with Crippen LogP contribution < -0.4 is 14.2 Å². The van der Waals surface area contributed by atoms with Crippen LogP contribution in [-0.2, 0) is 0 Å². The number of halogens is 1. The van der Waals surface area contributed by atoms with E-state index < -0.39 is 0 Å². The van der Waals surface area contributed by atoms with Gasteiger partial charge in [-0.05, 0) is 46.6 Å². The lowest BCUT2D eigenvalue weighted by Gasteiger charge is -2.14. The second kappa shape index (κ2) is 7.84. The Morgan fingerprint density at radius 1 is 1.09 bits per heavy atom. The zero-order valence-electron chi connectivity index (χ0n) is 12.5. The van der Waals surface area contributed by atoms with Crippen LogP contribution in [0.2, 0.25) is 0 Å². The molecule has 2 rings (SSSR count). The van der Waals surface area contributed by atoms with Crippen LogP contribution in [0, 0.1) is 6.92 Å². The Bertz CT molecular complexity index is 655. The largest absolute Gasteiger partial charge is 0.493 e. The molecule has 0 N–H and O–H groups in total. The maximum atomic E-state index is 10.9. The molecule has 0 radical (unpaired) electrons. The number of aryl methyl sites for hydroxylation is 1. The molecule has 0 unspecified atom stereocenters. The normalized spacial score (nSPS) is 10.1. The maximum Gasteiger partial charge on any atom is 0.175 e. The van der Waals surface area contributed by atoms with E-state index in [0.717, 1.165) is 17.6 Å². The zero-order valence-corrected chi connectivity index (χ0v) is 14.1. The van der Waals surface area contributed by atoms with Crippen LogP contribution in [0.4, 0.5) is 0 Å². The lowest BCUT2D eigenvalue weighted by atomic mass is 10.2. The first-order valence-electron chi connectivity index (χ1n) is 6.79. The van der Waals surface area contributed by atoms with Crippen molar-refractivity contribution in [3.63, 3.8) is 0 Å². The van der Waals surface area contributed by atoms with Crippen LogP contribution in [0.25, 0.3) is 0 Å². The number of hydrogen-bond acceptors (Lipinski definition) is 4. The second-order valence-corrected chi connectivity index (χ2v) is 5.47. The van der Waals surface area contributed by atoms with Crippen molar-refractivity contribution in [2.75, 3.05) is 20.3 Å². The second-order valence-electron chi connectivity index (χ2n) is 4.61. The molecular formula is C17H17BrO4. The van der Waals surface area contributed by atoms with Gasteiger partial charge in [-0.3, -0.25) is 4.79 Å². The molecule has 22 heavy (non-hydrogen) atoms. The van der Waals surface area contributed by atoms with Crippen LogP contribution in [0.1, 0.15) is 15.9 Å². The van der Waals surface area contributed by atoms with Gasteiger partial charge in [0.1, 0.15) is 25.2 Å². The highest BCUT2D eigenvalue weighted by Gasteiger charge is 2.11. The first-order valence-corrected chi connectivity index (χ1v) is 7.59. The van der Waals surface area contributed by atoms with Crippen molar-refractivity contribution in [3.8, 4) is 17.2 Å². The third-order valence-corrected chi connectivity index (χ3v) is 3.66. The van der Waals surface area contributed by atoms with Gasteiger partial charge in [0.15, 0.2) is 11.5 Å². The minimum atomic E-state index is 0.365. The number of benzene rings is 2. The van der Waals surface area contributed by atoms with E-state index in [1.807, 2.05) is 31.2 Å². The Hall–Kier alpha value is -2.01. The molecule has 0 aliphatic rings. The average molecular weight is 365 g/mol. The van der Waals surface area contributed by atoms with Crippen LogP contribution in [-0.4, -0.2) is 26.6 Å². The summed E-state index contributed by atoms with van der Waals surface area (Å²) in [6.45, 7) is 2.77. The summed E-state index contributed by atoms with van der Waals surface area (Å²) < 4.78 is 17.3. The summed E-state index contributed by atoms with van der Waals surface area (Å²) in [6.07, 6.45) is 0.762. The number of para-hydroxylation sites is 1. The predicted molar refractivity (Wildman–Crippen MR) is 88.3 cm³/mol. The zero-order chi connectivity index (χ0) is 15.9. The van der Waals surface area contributed by atoms with E-state index in [1.165, 1.54) is 7.11 Å². The summed E-state index contributed by atoms with van der Waals surface area (Å²) in [4.78, 5) is 10.9. The molecule has 0 aliphatic carbocycles. The quantitative estimate of drug-likeness (QED) is 0.549. The summed E-state index contributed by atoms with van der Waals surface area (Å²) in [5.74, 6) is 1.90. The lowest BCUT2D eigenvalue weighted by Crippen LogP contribution is -2.10. The van der Waals surface area contributed by atoms with Crippen molar-refractivity contribution >= 4 is 22.2 Å². The smallest absolute Gasteiger partial charge is 0.175 e. The Morgan fingerprint density at radius 2 is 1.82 bits per heavy atom. The van der Waals surface area contributed by atoms with Gasteiger partial charge in [0.2, 0.25) is 0 Å². The van der Waals surface area contributed by atoms with Crippen molar-refractivity contribution in [1.29, 1.82) is 0 Å². The molecule has 0 saturated heterocycles. The van der Waals surface area contributed by atoms with E-state index in [9.17, 15) is 4.79 Å². The molecule has 0 saturated carbocycles. The molecule has 2 aromatic rings. The number of methoxy groups -OCH3 is 1. The number of rotatable bonds is 7. The van der Waals surface area contributed by atoms with Crippen molar-refractivity contribution in [3.05, 3.63) is 52.0 Å². The minimum absolute atomic E-state index is 0.365. The summed E-state index contributed by atoms with van der Waals surface area (Å²) in [7, 11) is 1.53. The lowest BCUT2D eigenvalue weighted by molar-refractivity contribution is 0.112. The molecule has 0 fully saturated rings. The first kappa shape index (κ1) is 16.4. The van der Waals surface area contributed by atoms with Crippen molar-refractivity contribution < 1.29 is 19.0 Å². The van der Waals surface area contributed by atoms with Gasteiger partial charge in [-0.15, -0.1) is 0 Å². The Morgan fingerprint density at radius 3 is 2.50 bits per heavy atom. The maximum absolute atomic E-state index is 10.9. The van der Waals surface area contributed by atoms with Gasteiger partial charge in [-0.25, -0.2) is 0 Å². The van der Waals surface area contributed by atoms with Crippen molar-refractivity contribution in [2.45, 2.75) is 6.92 Å². The first-order chi connectivity index (χ1) is 10.7. The summed E-state index contributed by atoms with van der Waals surface area (Å²) >= 11 is 3.38. The van der Waals surface area contributed by atoms with E-state index in [2.05, 4.69) is 15.9 Å². The molecule has 0 amide bonds. The number of carbonyl (C=O) groups is 1. The van der Waals surface area contributed by atoms with Crippen LogP contribution >= 0.6 is 15.9 Å². The standard InChI is InChI=1S/C17H17BrO4/c1-12-5-3-4-6-15(12)21-7-8-22-17-14(18)9-13(11-19)10-16(17)20-2/h3-6,9-11H,7-8H2,1-2H3. The van der Waals surface area contributed by atoms with E-state index in [1.54, 1.807) is 12.1 Å². The summed E-state index contributed by atoms with van der Waals surface area (Å²) in [5, 5.41) is 0. The van der Waals surface area contributed by atoms with Crippen molar-refractivity contribution in [1.82, 2.24) is 0 Å². The summed E-state index contributed by atoms with van der Waals surface area (Å²) in [5.41, 5.74) is 1.60. The predicted octanol–water partition coefficient (Wildman–Crippen LogP) is 4.04. The number of carbonyl (C=O) groups excluding carboxylic acids is 1. The molecule has 0 heterocycles. The van der Waals surface area contributed by atoms with Crippen LogP contribution in [0.15, 0.2) is 40.9 Å². The van der Waals surface area contributed by atoms with Gasteiger partial charge in [-0.1, -0.05) is 18.2 Å². The van der Waals surface area contributed by atoms with Gasteiger partial charge in [0.25, 0.3) is 0 Å². The van der Waals surface area contributed by atoms with E-state index >= 15 is 0 Å². The fraction of sp³-hybridized carbons (Fsp3) is 0.235. The Labute approximate surface area is 138 Å². The minimum Gasteiger partial charge on any atom is -0.493 e. The Balaban J connectivity index is 1.97. The van der Waals surface area contributed by atoms with Crippen LogP contribution in [0.5, 0.6) is 17.2 Å². The third-order valence-electron chi connectivity index (χ3n) is 3.07. The van der Waals surface area contributed by atoms with Gasteiger partial charge in [0, 0.05) is 5.56 Å². The highest BCUT2D eigenvalue weighted by atomic mass is 79.9. The highest BCUT2D eigenvalue weighted by molar-refractivity contribution is 9.10. The molecule has 0 spiro atoms. The molecule has 0 bridgehead atoms. The highest BCUT2D eigenvalue weighted by Crippen LogP contribution is 2.36. The van der Waals surface area contributed by atoms with Gasteiger partial charge in [0.05, 0.1) is 11.6 Å². The number of hydrogen-bond donors (Lipinski definition) is 0. The van der Waals surface area contributed by atoms with Gasteiger partial charge < -0.3 is 14.2 Å². The van der Waals surface area contributed by atoms with E-state index in [4.69, 9.17) is 14.2 Å². The molecule has 116 valence electrons. The van der Waals surface area contributed by atoms with Gasteiger partial charge in [-0.2, -0.15) is 0 Å². The number of aldehydes is 1. The molecule has 4 nitrogen and oxygen atoms in total. The molecular weight excluding hydrogens is 348 g/mol. The van der Waals surface area contributed by atoms with Crippen molar-refractivity contribution in [2.24, 2.45) is 0 Å². The number of ether oxygens (including phenoxy) is 3. The third kappa shape index (κ3) is 4.01. The van der Waals surface area contributed by atoms with Crippen LogP contribution in [0.3, 0.4) is 0 Å². The SMILES string of the molecule is COc1cc(C=O)cc(Br)c1OCCOc1ccccc1C. The fourth-order valence-electron chi connectivity index (χ4n) is 1.96. The van der Waals surface area contributed by atoms with E-state index in [0.29, 0.717) is 34.7 Å². The van der Waals surface area contributed by atoms with E-state index in [-0.39, 0.29) is 0 Å².